The van der Waals surface area contributed by atoms with Crippen molar-refractivity contribution in [2.75, 3.05) is 6.61 Å². The number of rotatable bonds is 48. The molecule has 6 heteroatoms. The van der Waals surface area contributed by atoms with Crippen LogP contribution in [0.1, 0.15) is 297 Å². The van der Waals surface area contributed by atoms with Gasteiger partial charge in [0.25, 0.3) is 0 Å². The van der Waals surface area contributed by atoms with E-state index in [1.807, 2.05) is 0 Å². The van der Waals surface area contributed by atoms with E-state index in [4.69, 9.17) is 4.74 Å². The van der Waals surface area contributed by atoms with Gasteiger partial charge < -0.3 is 20.3 Å². The first-order chi connectivity index (χ1) is 28.5. The molecule has 0 saturated heterocycles. The molecule has 1 amide bonds. The van der Waals surface area contributed by atoms with Crippen LogP contribution in [0.25, 0.3) is 0 Å². The summed E-state index contributed by atoms with van der Waals surface area (Å²) in [7, 11) is 0. The van der Waals surface area contributed by atoms with Crippen LogP contribution in [-0.2, 0) is 14.3 Å². The zero-order chi connectivity index (χ0) is 42.4. The fourth-order valence-electron chi connectivity index (χ4n) is 8.43. The first-order valence-corrected chi connectivity index (χ1v) is 26.3. The smallest absolute Gasteiger partial charge is 0.306 e. The molecule has 0 aliphatic rings. The minimum atomic E-state index is -0.779. The first-order valence-electron chi connectivity index (χ1n) is 26.3. The Morgan fingerprint density at radius 3 is 1.05 bits per heavy atom. The SMILES string of the molecule is CCCCCCCCCCCCCCCCCCC(O)C(CO)NC(=O)CC(CCCCCCCCCCCCCCCC)OC(=O)CCCCCCCCCCC. The third-order valence-electron chi connectivity index (χ3n) is 12.4. The molecule has 0 saturated carbocycles. The topological polar surface area (TPSA) is 95.9 Å². The van der Waals surface area contributed by atoms with Crippen LogP contribution in [0.5, 0.6) is 0 Å². The summed E-state index contributed by atoms with van der Waals surface area (Å²) < 4.78 is 5.92. The molecule has 346 valence electrons. The van der Waals surface area contributed by atoms with Crippen LogP contribution in [0.15, 0.2) is 0 Å². The molecule has 0 aromatic heterocycles. The standard InChI is InChI=1S/C52H103NO5/c1-4-7-10-13-16-19-21-23-25-26-28-30-33-35-38-41-44-50(55)49(47-54)53-51(56)46-48(58-52(57)45-42-39-36-31-18-15-12-9-6-3)43-40-37-34-32-29-27-24-22-20-17-14-11-8-5-2/h48-50,54-55H,4-47H2,1-3H3,(H,53,56). The third kappa shape index (κ3) is 41.6. The van der Waals surface area contributed by atoms with E-state index >= 15 is 0 Å². The fraction of sp³-hybridized carbons (Fsp3) is 0.962. The molecule has 3 unspecified atom stereocenters. The van der Waals surface area contributed by atoms with Gasteiger partial charge in [-0.1, -0.05) is 258 Å². The van der Waals surface area contributed by atoms with E-state index in [-0.39, 0.29) is 24.9 Å². The van der Waals surface area contributed by atoms with Crippen molar-refractivity contribution < 1.29 is 24.5 Å². The van der Waals surface area contributed by atoms with Crippen LogP contribution >= 0.6 is 0 Å². The molecule has 0 fully saturated rings. The van der Waals surface area contributed by atoms with Crippen LogP contribution in [-0.4, -0.2) is 46.9 Å². The molecule has 0 rings (SSSR count). The van der Waals surface area contributed by atoms with Crippen LogP contribution in [0.3, 0.4) is 0 Å². The Labute approximate surface area is 362 Å². The number of nitrogens with one attached hydrogen (secondary N) is 1. The van der Waals surface area contributed by atoms with Crippen LogP contribution in [0.4, 0.5) is 0 Å². The maximum atomic E-state index is 13.2. The summed E-state index contributed by atoms with van der Waals surface area (Å²) in [5, 5.41) is 23.8. The highest BCUT2D eigenvalue weighted by Crippen LogP contribution is 2.19. The number of amides is 1. The Balaban J connectivity index is 4.43. The van der Waals surface area contributed by atoms with Gasteiger partial charge in [0.1, 0.15) is 6.10 Å². The molecule has 0 aliphatic carbocycles. The number of unbranched alkanes of at least 4 members (excludes halogenated alkanes) is 36. The summed E-state index contributed by atoms with van der Waals surface area (Å²) >= 11 is 0. The van der Waals surface area contributed by atoms with Gasteiger partial charge >= 0.3 is 5.97 Å². The predicted molar refractivity (Wildman–Crippen MR) is 250 cm³/mol. The highest BCUT2D eigenvalue weighted by atomic mass is 16.5. The van der Waals surface area contributed by atoms with Gasteiger partial charge in [0.15, 0.2) is 0 Å². The molecule has 3 N–H and O–H groups in total. The van der Waals surface area contributed by atoms with Crippen molar-refractivity contribution in [3.8, 4) is 0 Å². The second-order valence-electron chi connectivity index (χ2n) is 18.3. The van der Waals surface area contributed by atoms with Crippen molar-refractivity contribution in [1.82, 2.24) is 5.32 Å². The molecule has 3 atom stereocenters. The van der Waals surface area contributed by atoms with Gasteiger partial charge in [-0.3, -0.25) is 9.59 Å². The van der Waals surface area contributed by atoms with E-state index < -0.39 is 18.2 Å². The second-order valence-corrected chi connectivity index (χ2v) is 18.3. The number of carbonyl (C=O) groups is 2. The number of ether oxygens (including phenoxy) is 1. The zero-order valence-electron chi connectivity index (χ0n) is 39.5. The molecule has 58 heavy (non-hydrogen) atoms. The van der Waals surface area contributed by atoms with Crippen molar-refractivity contribution in [3.63, 3.8) is 0 Å². The Bertz CT molecular complexity index is 837. The number of esters is 1. The van der Waals surface area contributed by atoms with E-state index in [9.17, 15) is 19.8 Å². The van der Waals surface area contributed by atoms with E-state index in [0.29, 0.717) is 19.3 Å². The maximum absolute atomic E-state index is 13.2. The van der Waals surface area contributed by atoms with E-state index in [1.165, 1.54) is 205 Å². The average molecular weight is 822 g/mol. The van der Waals surface area contributed by atoms with Gasteiger partial charge in [-0.2, -0.15) is 0 Å². The van der Waals surface area contributed by atoms with E-state index in [2.05, 4.69) is 26.1 Å². The lowest BCUT2D eigenvalue weighted by atomic mass is 10.0. The van der Waals surface area contributed by atoms with Crippen molar-refractivity contribution >= 4 is 11.9 Å². The molecular weight excluding hydrogens is 719 g/mol. The monoisotopic (exact) mass is 822 g/mol. The second kappa shape index (κ2) is 46.9. The molecule has 0 aromatic rings. The number of carbonyl (C=O) groups excluding carboxylic acids is 2. The van der Waals surface area contributed by atoms with Crippen molar-refractivity contribution in [2.24, 2.45) is 0 Å². The number of hydrogen-bond donors (Lipinski definition) is 3. The number of aliphatic hydroxyl groups excluding tert-OH is 2. The van der Waals surface area contributed by atoms with Crippen molar-refractivity contribution in [1.29, 1.82) is 0 Å². The molecule has 0 aliphatic heterocycles. The Kier molecular flexibility index (Phi) is 46.0. The van der Waals surface area contributed by atoms with Crippen molar-refractivity contribution in [2.45, 2.75) is 315 Å². The van der Waals surface area contributed by atoms with Gasteiger partial charge in [0.05, 0.1) is 25.2 Å². The minimum absolute atomic E-state index is 0.0875. The van der Waals surface area contributed by atoms with Crippen LogP contribution in [0.2, 0.25) is 0 Å². The van der Waals surface area contributed by atoms with Gasteiger partial charge in [0.2, 0.25) is 5.91 Å². The molecule has 0 heterocycles. The molecule has 0 spiro atoms. The summed E-state index contributed by atoms with van der Waals surface area (Å²) in [5.74, 6) is -0.454. The molecule has 0 radical (unpaired) electrons. The summed E-state index contributed by atoms with van der Waals surface area (Å²) in [4.78, 5) is 26.1. The van der Waals surface area contributed by atoms with Crippen LogP contribution < -0.4 is 5.32 Å². The highest BCUT2D eigenvalue weighted by molar-refractivity contribution is 5.77. The number of aliphatic hydroxyl groups is 2. The lowest BCUT2D eigenvalue weighted by molar-refractivity contribution is -0.151. The lowest BCUT2D eigenvalue weighted by Gasteiger charge is -2.24. The van der Waals surface area contributed by atoms with Crippen molar-refractivity contribution in [3.05, 3.63) is 0 Å². The summed E-state index contributed by atoms with van der Waals surface area (Å²) in [6.45, 7) is 6.50. The first kappa shape index (κ1) is 56.9. The summed E-state index contributed by atoms with van der Waals surface area (Å²) in [6, 6.07) is -0.691. The van der Waals surface area contributed by atoms with Gasteiger partial charge in [0, 0.05) is 6.42 Å². The number of hydrogen-bond acceptors (Lipinski definition) is 5. The average Bonchev–Trinajstić information content (AvgIpc) is 3.22. The largest absolute Gasteiger partial charge is 0.462 e. The molecule has 6 nitrogen and oxygen atoms in total. The molecule has 0 aromatic carbocycles. The summed E-state index contributed by atoms with van der Waals surface area (Å²) in [5.41, 5.74) is 0. The normalized spacial score (nSPS) is 13.1. The van der Waals surface area contributed by atoms with Gasteiger partial charge in [-0.25, -0.2) is 0 Å². The zero-order valence-corrected chi connectivity index (χ0v) is 39.5. The predicted octanol–water partition coefficient (Wildman–Crippen LogP) is 15.6. The Morgan fingerprint density at radius 2 is 0.724 bits per heavy atom. The minimum Gasteiger partial charge on any atom is -0.462 e. The molecule has 0 bridgehead atoms. The van der Waals surface area contributed by atoms with E-state index in [1.54, 1.807) is 0 Å². The van der Waals surface area contributed by atoms with Crippen LogP contribution in [0, 0.1) is 0 Å². The fourth-order valence-corrected chi connectivity index (χ4v) is 8.43. The molecular formula is C52H103NO5. The summed E-state index contributed by atoms with van der Waals surface area (Å²) in [6.07, 6.45) is 50.2. The van der Waals surface area contributed by atoms with Gasteiger partial charge in [-0.15, -0.1) is 0 Å². The van der Waals surface area contributed by atoms with Gasteiger partial charge in [-0.05, 0) is 25.7 Å². The lowest BCUT2D eigenvalue weighted by Crippen LogP contribution is -2.46. The quantitative estimate of drug-likeness (QED) is 0.0420. The Hall–Kier alpha value is -1.14. The maximum Gasteiger partial charge on any atom is 0.306 e. The third-order valence-corrected chi connectivity index (χ3v) is 12.4. The highest BCUT2D eigenvalue weighted by Gasteiger charge is 2.24. The Morgan fingerprint density at radius 1 is 0.431 bits per heavy atom. The van der Waals surface area contributed by atoms with E-state index in [0.717, 1.165) is 44.9 Å².